The second kappa shape index (κ2) is 13.5. The maximum Gasteiger partial charge on any atom is 1.00 e. The van der Waals surface area contributed by atoms with Gasteiger partial charge in [0.1, 0.15) is 0 Å². The van der Waals surface area contributed by atoms with Gasteiger partial charge >= 0.3 is 46.1 Å². The Kier molecular flexibility index (Phi) is 15.8. The molecule has 0 aromatic rings. The zero-order valence-electron chi connectivity index (χ0n) is 11.1. The van der Waals surface area contributed by atoms with Crippen molar-refractivity contribution in [2.75, 3.05) is 39.3 Å². The fraction of sp³-hybridized carbons (Fsp3) is 0.600. The molecular formula is C10H14Cu2N2O8. The van der Waals surface area contributed by atoms with Crippen LogP contribution in [0.15, 0.2) is 0 Å². The van der Waals surface area contributed by atoms with Crippen LogP contribution in [-0.4, -0.2) is 83.2 Å². The summed E-state index contributed by atoms with van der Waals surface area (Å²) in [5, 5.41) is 38.0. The Morgan fingerprint density at radius 3 is 1.18 bits per heavy atom. The van der Waals surface area contributed by atoms with Crippen LogP contribution in [0.25, 0.3) is 0 Å². The predicted molar refractivity (Wildman–Crippen MR) is 58.2 cm³/mol. The number of carbonyl (C=O) groups excluding carboxylic acids is 2. The summed E-state index contributed by atoms with van der Waals surface area (Å²) in [7, 11) is 0. The van der Waals surface area contributed by atoms with E-state index in [0.717, 1.165) is 9.80 Å². The van der Waals surface area contributed by atoms with E-state index in [2.05, 4.69) is 0 Å². The van der Waals surface area contributed by atoms with Crippen LogP contribution in [0.5, 0.6) is 0 Å². The fourth-order valence-corrected chi connectivity index (χ4v) is 1.46. The monoisotopic (exact) mass is 416 g/mol. The van der Waals surface area contributed by atoms with Crippen LogP contribution in [0.2, 0.25) is 0 Å². The maximum absolute atomic E-state index is 10.5. The molecule has 0 atom stereocenters. The molecular weight excluding hydrogens is 403 g/mol. The smallest absolute Gasteiger partial charge is 0.549 e. The van der Waals surface area contributed by atoms with E-state index in [9.17, 15) is 29.4 Å². The SMILES string of the molecule is O=C([O-])CN(CCN(CC(=O)O)CC(=O)O)CC(=O)[O-].[Cu+].[Cu+]. The molecule has 0 fully saturated rings. The van der Waals surface area contributed by atoms with E-state index >= 15 is 0 Å². The molecule has 0 saturated carbocycles. The van der Waals surface area contributed by atoms with Crippen molar-refractivity contribution in [3.05, 3.63) is 0 Å². The quantitative estimate of drug-likeness (QED) is 0.312. The van der Waals surface area contributed by atoms with Crippen molar-refractivity contribution in [3.63, 3.8) is 0 Å². The Morgan fingerprint density at radius 1 is 0.682 bits per heavy atom. The van der Waals surface area contributed by atoms with Crippen molar-refractivity contribution in [3.8, 4) is 0 Å². The number of hydrogen-bond donors (Lipinski definition) is 2. The first kappa shape index (κ1) is 25.8. The van der Waals surface area contributed by atoms with Crippen LogP contribution >= 0.6 is 0 Å². The van der Waals surface area contributed by atoms with E-state index in [1.54, 1.807) is 0 Å². The third-order valence-electron chi connectivity index (χ3n) is 2.16. The molecule has 0 saturated heterocycles. The van der Waals surface area contributed by atoms with E-state index in [0.29, 0.717) is 0 Å². The van der Waals surface area contributed by atoms with Crippen molar-refractivity contribution in [1.29, 1.82) is 0 Å². The molecule has 134 valence electrons. The standard InChI is InChI=1S/C10H16N2O8.2Cu/c13-7(14)3-11(4-8(15)16)1-2-12(5-9(17)18)6-10(19)20;;/h1-6H2,(H,13,14)(H,15,16)(H,17,18)(H,19,20);;/q;2*+1/p-2. The molecule has 0 bridgehead atoms. The number of nitrogens with zero attached hydrogens (tertiary/aromatic N) is 2. The van der Waals surface area contributed by atoms with Gasteiger partial charge in [-0.25, -0.2) is 0 Å². The van der Waals surface area contributed by atoms with E-state index in [4.69, 9.17) is 10.2 Å². The maximum atomic E-state index is 10.5. The van der Waals surface area contributed by atoms with Gasteiger partial charge < -0.3 is 30.0 Å². The predicted octanol–water partition coefficient (Wildman–Crippen LogP) is -4.75. The van der Waals surface area contributed by atoms with Crippen LogP contribution in [0, 0.1) is 0 Å². The third kappa shape index (κ3) is 15.2. The largest absolute Gasteiger partial charge is 1.00 e. The zero-order valence-corrected chi connectivity index (χ0v) is 13.0. The number of carboxylic acids is 4. The average molecular weight is 417 g/mol. The Bertz CT molecular complexity index is 325. The van der Waals surface area contributed by atoms with Gasteiger partial charge in [0.05, 0.1) is 25.0 Å². The molecule has 22 heavy (non-hydrogen) atoms. The molecule has 0 rings (SSSR count). The first-order chi connectivity index (χ1) is 9.20. The van der Waals surface area contributed by atoms with Gasteiger partial charge in [-0.3, -0.25) is 19.4 Å². The third-order valence-corrected chi connectivity index (χ3v) is 2.16. The summed E-state index contributed by atoms with van der Waals surface area (Å²) in [5.74, 6) is -5.52. The second-order valence-corrected chi connectivity index (χ2v) is 3.95. The summed E-state index contributed by atoms with van der Waals surface area (Å²) in [4.78, 5) is 43.9. The minimum absolute atomic E-state index is 0. The molecule has 0 aromatic heterocycles. The van der Waals surface area contributed by atoms with Gasteiger partial charge in [-0.1, -0.05) is 0 Å². The molecule has 0 heterocycles. The molecule has 2 N–H and O–H groups in total. The normalized spacial score (nSPS) is 9.73. The van der Waals surface area contributed by atoms with E-state index in [1.807, 2.05) is 0 Å². The van der Waals surface area contributed by atoms with Crippen LogP contribution in [-0.2, 0) is 53.3 Å². The van der Waals surface area contributed by atoms with E-state index in [-0.39, 0.29) is 47.2 Å². The zero-order chi connectivity index (χ0) is 15.7. The van der Waals surface area contributed by atoms with Gasteiger partial charge in [0.15, 0.2) is 0 Å². The Hall–Kier alpha value is -1.16. The average Bonchev–Trinajstić information content (AvgIpc) is 2.22. The van der Waals surface area contributed by atoms with Crippen molar-refractivity contribution in [1.82, 2.24) is 9.80 Å². The number of hydrogen-bond acceptors (Lipinski definition) is 8. The molecule has 0 aliphatic heterocycles. The number of rotatable bonds is 11. The number of carboxylic acid groups (broad SMARTS) is 4. The van der Waals surface area contributed by atoms with Crippen LogP contribution in [0.3, 0.4) is 0 Å². The topological polar surface area (TPSA) is 161 Å². The first-order valence-electron chi connectivity index (χ1n) is 5.48. The molecule has 0 radical (unpaired) electrons. The van der Waals surface area contributed by atoms with E-state index < -0.39 is 50.1 Å². The number of aliphatic carboxylic acids is 4. The summed E-state index contributed by atoms with van der Waals surface area (Å²) in [5.41, 5.74) is 0. The molecule has 0 aliphatic carbocycles. The van der Waals surface area contributed by atoms with Gasteiger partial charge in [-0.05, 0) is 0 Å². The van der Waals surface area contributed by atoms with Crippen LogP contribution in [0.1, 0.15) is 0 Å². The minimum Gasteiger partial charge on any atom is -0.549 e. The van der Waals surface area contributed by atoms with Gasteiger partial charge in [0.2, 0.25) is 0 Å². The van der Waals surface area contributed by atoms with Gasteiger partial charge in [0, 0.05) is 26.2 Å². The van der Waals surface area contributed by atoms with Crippen molar-refractivity contribution >= 4 is 23.9 Å². The van der Waals surface area contributed by atoms with Crippen molar-refractivity contribution in [2.24, 2.45) is 0 Å². The summed E-state index contributed by atoms with van der Waals surface area (Å²) < 4.78 is 0. The molecule has 10 nitrogen and oxygen atoms in total. The molecule has 0 spiro atoms. The second-order valence-electron chi connectivity index (χ2n) is 3.95. The Morgan fingerprint density at radius 2 is 0.955 bits per heavy atom. The summed E-state index contributed by atoms with van der Waals surface area (Å²) >= 11 is 0. The molecule has 12 heteroatoms. The molecule has 0 amide bonds. The minimum atomic E-state index is -1.51. The van der Waals surface area contributed by atoms with Crippen LogP contribution in [0.4, 0.5) is 0 Å². The summed E-state index contributed by atoms with van der Waals surface area (Å²) in [6.45, 7) is -2.75. The Balaban J connectivity index is -0.00000180. The molecule has 0 unspecified atom stereocenters. The first-order valence-corrected chi connectivity index (χ1v) is 5.48. The molecule has 0 aromatic carbocycles. The number of carbonyl (C=O) groups is 4. The molecule has 0 aliphatic rings. The summed E-state index contributed by atoms with van der Waals surface area (Å²) in [6.07, 6.45) is 0. The fourth-order valence-electron chi connectivity index (χ4n) is 1.46. The van der Waals surface area contributed by atoms with Gasteiger partial charge in [-0.2, -0.15) is 0 Å². The summed E-state index contributed by atoms with van der Waals surface area (Å²) in [6, 6.07) is 0. The van der Waals surface area contributed by atoms with Crippen molar-refractivity contribution < 1.29 is 73.7 Å². The van der Waals surface area contributed by atoms with Crippen LogP contribution < -0.4 is 10.2 Å². The van der Waals surface area contributed by atoms with Gasteiger partial charge in [0.25, 0.3) is 0 Å². The van der Waals surface area contributed by atoms with Crippen molar-refractivity contribution in [2.45, 2.75) is 0 Å². The Labute approximate surface area is 147 Å². The van der Waals surface area contributed by atoms with Gasteiger partial charge in [-0.15, -0.1) is 0 Å². The van der Waals surface area contributed by atoms with E-state index in [1.165, 1.54) is 0 Å².